The van der Waals surface area contributed by atoms with E-state index in [4.69, 9.17) is 0 Å². The summed E-state index contributed by atoms with van der Waals surface area (Å²) in [7, 11) is 0. The smallest absolute Gasteiger partial charge is 0.150 e. The number of aldehydes is 1. The zero-order valence-electron chi connectivity index (χ0n) is 6.67. The van der Waals surface area contributed by atoms with Gasteiger partial charge >= 0.3 is 0 Å². The molecule has 0 aromatic heterocycles. The number of rotatable bonds is 1. The first kappa shape index (κ1) is 10.4. The Kier molecular flexibility index (Phi) is 5.75. The lowest BCUT2D eigenvalue weighted by molar-refractivity contribution is 0.112. The second-order valence-corrected chi connectivity index (χ2v) is 2.03. The van der Waals surface area contributed by atoms with E-state index in [0.29, 0.717) is 0 Å². The van der Waals surface area contributed by atoms with Crippen LogP contribution in [0.15, 0.2) is 24.3 Å². The highest BCUT2D eigenvalue weighted by atomic mass is 79.9. The van der Waals surface area contributed by atoms with Crippen molar-refractivity contribution >= 4 is 22.2 Å². The summed E-state index contributed by atoms with van der Waals surface area (Å²) in [5.41, 5.74) is 1.92. The first-order valence-electron chi connectivity index (χ1n) is 3.22. The van der Waals surface area contributed by atoms with Gasteiger partial charge < -0.3 is 0 Å². The SMILES string of the molecule is CBr.Cc1ccc(C=O)cc1. The maximum Gasteiger partial charge on any atom is 0.150 e. The summed E-state index contributed by atoms with van der Waals surface area (Å²) in [5, 5.41) is 0. The molecule has 1 nitrogen and oxygen atoms in total. The number of halogens is 1. The van der Waals surface area contributed by atoms with Crippen LogP contribution in [0, 0.1) is 6.92 Å². The number of hydrogen-bond donors (Lipinski definition) is 0. The molecule has 0 amide bonds. The molecule has 60 valence electrons. The van der Waals surface area contributed by atoms with Crippen molar-refractivity contribution in [3.8, 4) is 0 Å². The lowest BCUT2D eigenvalue weighted by Crippen LogP contribution is -1.77. The lowest BCUT2D eigenvalue weighted by atomic mass is 10.2. The average molecular weight is 215 g/mol. The van der Waals surface area contributed by atoms with Gasteiger partial charge in [0.1, 0.15) is 6.29 Å². The van der Waals surface area contributed by atoms with Gasteiger partial charge in [-0.1, -0.05) is 45.8 Å². The summed E-state index contributed by atoms with van der Waals surface area (Å²) < 4.78 is 0. The fourth-order valence-corrected chi connectivity index (χ4v) is 0.645. The van der Waals surface area contributed by atoms with Crippen LogP contribution in [0.5, 0.6) is 0 Å². The highest BCUT2D eigenvalue weighted by molar-refractivity contribution is 9.08. The molecule has 0 heterocycles. The molecule has 0 aliphatic rings. The molecule has 0 fully saturated rings. The molecule has 1 rings (SSSR count). The number of carbonyl (C=O) groups is 1. The Morgan fingerprint density at radius 2 is 1.64 bits per heavy atom. The largest absolute Gasteiger partial charge is 0.298 e. The Bertz CT molecular complexity index is 203. The van der Waals surface area contributed by atoms with Crippen LogP contribution in [-0.4, -0.2) is 12.1 Å². The Hall–Kier alpha value is -0.630. The second kappa shape index (κ2) is 6.10. The quantitative estimate of drug-likeness (QED) is 0.520. The van der Waals surface area contributed by atoms with E-state index < -0.39 is 0 Å². The van der Waals surface area contributed by atoms with Gasteiger partial charge in [0.15, 0.2) is 0 Å². The lowest BCUT2D eigenvalue weighted by Gasteiger charge is -1.89. The van der Waals surface area contributed by atoms with Gasteiger partial charge in [0.05, 0.1) is 0 Å². The van der Waals surface area contributed by atoms with E-state index in [2.05, 4.69) is 15.9 Å². The minimum atomic E-state index is 0.737. The molecule has 0 aliphatic heterocycles. The van der Waals surface area contributed by atoms with E-state index in [0.717, 1.165) is 11.8 Å². The number of carbonyl (C=O) groups excluding carboxylic acids is 1. The first-order chi connectivity index (χ1) is 5.33. The van der Waals surface area contributed by atoms with E-state index in [1.54, 1.807) is 0 Å². The molecule has 0 N–H and O–H groups in total. The zero-order valence-corrected chi connectivity index (χ0v) is 8.26. The van der Waals surface area contributed by atoms with Crippen molar-refractivity contribution < 1.29 is 4.79 Å². The molecular weight excluding hydrogens is 204 g/mol. The molecule has 2 heteroatoms. The molecule has 0 saturated heterocycles. The van der Waals surface area contributed by atoms with Gasteiger partial charge in [0, 0.05) is 5.56 Å². The molecule has 11 heavy (non-hydrogen) atoms. The highest BCUT2D eigenvalue weighted by Crippen LogP contribution is 1.98. The summed E-state index contributed by atoms with van der Waals surface area (Å²) in [6.45, 7) is 1.99. The number of hydrogen-bond acceptors (Lipinski definition) is 1. The van der Waals surface area contributed by atoms with Crippen LogP contribution >= 0.6 is 15.9 Å². The fourth-order valence-electron chi connectivity index (χ4n) is 0.645. The van der Waals surface area contributed by atoms with Crippen molar-refractivity contribution in [1.29, 1.82) is 0 Å². The minimum absolute atomic E-state index is 0.737. The van der Waals surface area contributed by atoms with Crippen molar-refractivity contribution in [1.82, 2.24) is 0 Å². The van der Waals surface area contributed by atoms with Gasteiger partial charge in [-0.2, -0.15) is 0 Å². The van der Waals surface area contributed by atoms with Crippen molar-refractivity contribution in [3.05, 3.63) is 35.4 Å². The third-order valence-corrected chi connectivity index (χ3v) is 1.21. The molecule has 0 unspecified atom stereocenters. The highest BCUT2D eigenvalue weighted by Gasteiger charge is 1.85. The summed E-state index contributed by atoms with van der Waals surface area (Å²) in [4.78, 5) is 10.1. The van der Waals surface area contributed by atoms with Crippen LogP contribution in [-0.2, 0) is 0 Å². The van der Waals surface area contributed by atoms with Crippen molar-refractivity contribution in [3.63, 3.8) is 0 Å². The molecule has 0 radical (unpaired) electrons. The molecule has 0 saturated carbocycles. The van der Waals surface area contributed by atoms with Crippen LogP contribution in [0.25, 0.3) is 0 Å². The Morgan fingerprint density at radius 1 is 1.18 bits per heavy atom. The molecule has 0 bridgehead atoms. The maximum atomic E-state index is 10.1. The summed E-state index contributed by atoms with van der Waals surface area (Å²) in [6, 6.07) is 7.46. The Morgan fingerprint density at radius 3 is 2.00 bits per heavy atom. The summed E-state index contributed by atoms with van der Waals surface area (Å²) in [5.74, 6) is 1.81. The minimum Gasteiger partial charge on any atom is -0.298 e. The van der Waals surface area contributed by atoms with Crippen molar-refractivity contribution in [2.45, 2.75) is 6.92 Å². The number of benzene rings is 1. The fraction of sp³-hybridized carbons (Fsp3) is 0.222. The molecule has 1 aromatic rings. The van der Waals surface area contributed by atoms with Gasteiger partial charge in [0.25, 0.3) is 0 Å². The standard InChI is InChI=1S/C8H8O.CH3Br/c1-7-2-4-8(6-9)5-3-7;1-2/h2-6H,1H3;1H3. The van der Waals surface area contributed by atoms with Crippen LogP contribution in [0.4, 0.5) is 0 Å². The predicted octanol–water partition coefficient (Wildman–Crippen LogP) is 2.82. The Balaban J connectivity index is 0.000000461. The second-order valence-electron chi connectivity index (χ2n) is 2.03. The maximum absolute atomic E-state index is 10.1. The summed E-state index contributed by atoms with van der Waals surface area (Å²) >= 11 is 2.94. The summed E-state index contributed by atoms with van der Waals surface area (Å²) in [6.07, 6.45) is 0.847. The molecule has 0 atom stereocenters. The molecular formula is C9H11BrO. The van der Waals surface area contributed by atoms with Crippen LogP contribution < -0.4 is 0 Å². The zero-order chi connectivity index (χ0) is 8.69. The van der Waals surface area contributed by atoms with E-state index in [1.807, 2.05) is 37.0 Å². The molecule has 0 spiro atoms. The van der Waals surface area contributed by atoms with E-state index >= 15 is 0 Å². The van der Waals surface area contributed by atoms with Gasteiger partial charge in [-0.05, 0) is 12.8 Å². The predicted molar refractivity (Wildman–Crippen MR) is 51.4 cm³/mol. The topological polar surface area (TPSA) is 17.1 Å². The first-order valence-corrected chi connectivity index (χ1v) is 4.81. The van der Waals surface area contributed by atoms with Gasteiger partial charge in [-0.3, -0.25) is 4.79 Å². The van der Waals surface area contributed by atoms with E-state index in [9.17, 15) is 4.79 Å². The van der Waals surface area contributed by atoms with E-state index in [1.165, 1.54) is 5.56 Å². The number of aryl methyl sites for hydroxylation is 1. The van der Waals surface area contributed by atoms with Crippen molar-refractivity contribution in [2.75, 3.05) is 5.83 Å². The van der Waals surface area contributed by atoms with Crippen LogP contribution in [0.2, 0.25) is 0 Å². The van der Waals surface area contributed by atoms with Crippen LogP contribution in [0.1, 0.15) is 15.9 Å². The molecule has 0 aliphatic carbocycles. The third kappa shape index (κ3) is 3.94. The van der Waals surface area contributed by atoms with Gasteiger partial charge in [-0.25, -0.2) is 0 Å². The monoisotopic (exact) mass is 214 g/mol. The number of alkyl halides is 1. The molecule has 1 aromatic carbocycles. The van der Waals surface area contributed by atoms with Crippen LogP contribution in [0.3, 0.4) is 0 Å². The van der Waals surface area contributed by atoms with Crippen molar-refractivity contribution in [2.24, 2.45) is 0 Å². The normalized spacial score (nSPS) is 7.91. The van der Waals surface area contributed by atoms with Gasteiger partial charge in [-0.15, -0.1) is 0 Å². The van der Waals surface area contributed by atoms with Gasteiger partial charge in [0.2, 0.25) is 0 Å². The Labute approximate surface area is 75.6 Å². The van der Waals surface area contributed by atoms with E-state index in [-0.39, 0.29) is 0 Å². The average Bonchev–Trinajstić information content (AvgIpc) is 2.10. The third-order valence-electron chi connectivity index (χ3n) is 1.21.